The molecule has 34 heteroatoms. The highest BCUT2D eigenvalue weighted by Gasteiger charge is 2.37. The van der Waals surface area contributed by atoms with Crippen molar-refractivity contribution in [3.8, 4) is 84.0 Å². The number of carboxylic acids is 4. The number of anilines is 4. The minimum Gasteiger partial charge on any atom is -0.497 e. The van der Waals surface area contributed by atoms with Crippen molar-refractivity contribution >= 4 is 134 Å². The molecule has 0 spiro atoms. The van der Waals surface area contributed by atoms with Gasteiger partial charge in [-0.15, -0.1) is 0 Å². The van der Waals surface area contributed by atoms with Crippen LogP contribution in [-0.4, -0.2) is 136 Å². The Bertz CT molecular complexity index is 7180. The number of carbonyl (C=O) groups is 5. The third-order valence-electron chi connectivity index (χ3n) is 26.5. The van der Waals surface area contributed by atoms with E-state index in [-0.39, 0.29) is 70.2 Å². The number of ketones is 1. The smallest absolute Gasteiger partial charge is 0.306 e. The zero-order valence-corrected chi connectivity index (χ0v) is 79.3. The van der Waals surface area contributed by atoms with E-state index in [0.29, 0.717) is 120 Å². The summed E-state index contributed by atoms with van der Waals surface area (Å²) in [6.07, 6.45) is 24.9. The first kappa shape index (κ1) is 93.0. The number of para-hydroxylation sites is 1. The first-order valence-electron chi connectivity index (χ1n) is 44.8. The molecular formula is C101H98Br3FN20O10. The summed E-state index contributed by atoms with van der Waals surface area (Å²) in [5.74, 6) is -1.71. The van der Waals surface area contributed by atoms with Crippen molar-refractivity contribution in [2.75, 3.05) is 30.0 Å². The van der Waals surface area contributed by atoms with Gasteiger partial charge in [-0.3, -0.25) is 43.9 Å². The van der Waals surface area contributed by atoms with Gasteiger partial charge < -0.3 is 48.1 Å². The minimum atomic E-state index is -0.764. The normalized spacial score (nSPS) is 18.5. The van der Waals surface area contributed by atoms with Crippen LogP contribution in [-0.2, 0) is 24.6 Å². The minimum absolute atomic E-state index is 0.0192. The van der Waals surface area contributed by atoms with Crippen LogP contribution < -0.4 is 27.7 Å². The molecule has 4 fully saturated rings. The maximum absolute atomic E-state index is 13.2. The first-order chi connectivity index (χ1) is 64.9. The van der Waals surface area contributed by atoms with Crippen LogP contribution in [0.3, 0.4) is 0 Å². The Morgan fingerprint density at radius 1 is 0.378 bits per heavy atom. The van der Waals surface area contributed by atoms with E-state index in [4.69, 9.17) is 52.6 Å². The molecule has 12 aromatic heterocycles. The molecule has 0 radical (unpaired) electrons. The monoisotopic (exact) mass is 2010 g/mol. The van der Waals surface area contributed by atoms with E-state index in [9.17, 15) is 48.8 Å². The average Bonchev–Trinajstić information content (AvgIpc) is 1.65. The molecule has 12 N–H and O–H groups in total. The Morgan fingerprint density at radius 2 is 0.711 bits per heavy atom. The lowest BCUT2D eigenvalue weighted by Crippen LogP contribution is -2.23. The quantitative estimate of drug-likeness (QED) is 0.0392. The molecule has 4 saturated carbocycles. The number of halogens is 4. The maximum Gasteiger partial charge on any atom is 0.306 e. The predicted molar refractivity (Wildman–Crippen MR) is 524 cm³/mol. The zero-order chi connectivity index (χ0) is 94.9. The second-order valence-corrected chi connectivity index (χ2v) is 38.3. The Kier molecular flexibility index (Phi) is 27.1. The Balaban J connectivity index is 0.000000125. The molecule has 0 atom stereocenters. The number of ether oxygens (including phenoxy) is 1. The Labute approximate surface area is 800 Å². The van der Waals surface area contributed by atoms with Gasteiger partial charge in [0.05, 0.1) is 120 Å². The maximum atomic E-state index is 13.2. The number of methoxy groups -OCH3 is 1. The molecule has 4 aliphatic carbocycles. The van der Waals surface area contributed by atoms with Crippen LogP contribution in [0.1, 0.15) is 193 Å². The third kappa shape index (κ3) is 19.4. The van der Waals surface area contributed by atoms with Crippen LogP contribution in [0.25, 0.3) is 112 Å². The van der Waals surface area contributed by atoms with Crippen LogP contribution in [0.15, 0.2) is 203 Å². The SMILES string of the molecule is CC(=O)c1c(C2CCC(C(=O)O)CC2)nc2c(-c3cnc4ccccc4c3)cnn2c1N.CC(C)(C)c1ccc(-c2ccc(-c3cnn4c(N)c(Br)c(C5CCC(C(=O)O)CC5)nc34)cn2)cc1.COc1cccc(-c2ccc(-c3cnn4c(N)c(Br)c(C5CCC(C(=O)O)CC5)nc34)cn2)c1.Nc1c(Br)c(C2CCC(C(=O)O)CC2)nc2c(-c3ccc(-c4ccc(F)cc4)nc3)cnn12. The van der Waals surface area contributed by atoms with Gasteiger partial charge in [0.1, 0.15) is 34.8 Å². The van der Waals surface area contributed by atoms with Crippen LogP contribution in [0.4, 0.5) is 27.7 Å². The van der Waals surface area contributed by atoms with Crippen LogP contribution >= 0.6 is 47.8 Å². The number of hydrogen-bond acceptors (Lipinski definition) is 22. The van der Waals surface area contributed by atoms with Crippen molar-refractivity contribution in [1.82, 2.24) is 78.3 Å². The number of pyridine rings is 4. The molecule has 16 aromatic rings. The molecule has 0 amide bonds. The van der Waals surface area contributed by atoms with Crippen molar-refractivity contribution in [3.05, 3.63) is 242 Å². The topological polar surface area (TPSA) is 452 Å². The van der Waals surface area contributed by atoms with E-state index in [2.05, 4.69) is 128 Å². The van der Waals surface area contributed by atoms with E-state index in [1.807, 2.05) is 103 Å². The fourth-order valence-corrected chi connectivity index (χ4v) is 20.5. The van der Waals surface area contributed by atoms with Crippen LogP contribution in [0.5, 0.6) is 5.75 Å². The van der Waals surface area contributed by atoms with Gasteiger partial charge in [0.15, 0.2) is 28.4 Å². The number of benzene rings is 4. The molecule has 690 valence electrons. The lowest BCUT2D eigenvalue weighted by molar-refractivity contribution is -0.143. The number of hydrogen-bond donors (Lipinski definition) is 8. The average molecular weight is 2010 g/mol. The molecule has 135 heavy (non-hydrogen) atoms. The van der Waals surface area contributed by atoms with Crippen LogP contribution in [0.2, 0.25) is 0 Å². The molecule has 0 aliphatic heterocycles. The summed E-state index contributed by atoms with van der Waals surface area (Å²) in [5, 5.41) is 56.1. The van der Waals surface area contributed by atoms with E-state index < -0.39 is 23.9 Å². The lowest BCUT2D eigenvalue weighted by Gasteiger charge is -2.27. The number of fused-ring (bicyclic) bond motifs is 5. The number of carbonyl (C=O) groups excluding carboxylic acids is 1. The summed E-state index contributed by atoms with van der Waals surface area (Å²) in [5.41, 5.74) is 46.2. The number of carboxylic acid groups (broad SMARTS) is 4. The number of nitrogens with zero attached hydrogens (tertiary/aromatic N) is 16. The fourth-order valence-electron chi connectivity index (χ4n) is 18.7. The molecule has 4 aromatic carbocycles. The van der Waals surface area contributed by atoms with Gasteiger partial charge in [0.25, 0.3) is 0 Å². The zero-order valence-electron chi connectivity index (χ0n) is 74.5. The largest absolute Gasteiger partial charge is 0.497 e. The number of rotatable bonds is 17. The molecule has 0 unspecified atom stereocenters. The van der Waals surface area contributed by atoms with E-state index in [0.717, 1.165) is 159 Å². The van der Waals surface area contributed by atoms with Crippen molar-refractivity contribution in [2.45, 2.75) is 160 Å². The molecule has 30 nitrogen and oxygen atoms in total. The third-order valence-corrected chi connectivity index (χ3v) is 29.0. The highest BCUT2D eigenvalue weighted by Crippen LogP contribution is 2.47. The molecule has 4 aliphatic rings. The molecule has 12 heterocycles. The van der Waals surface area contributed by atoms with Gasteiger partial charge >= 0.3 is 23.9 Å². The summed E-state index contributed by atoms with van der Waals surface area (Å²) in [4.78, 5) is 96.1. The van der Waals surface area contributed by atoms with E-state index in [1.54, 1.807) is 70.0 Å². The number of nitrogens with two attached hydrogens (primary N) is 4. The Morgan fingerprint density at radius 3 is 1.07 bits per heavy atom. The summed E-state index contributed by atoms with van der Waals surface area (Å²) in [6, 6.07) is 44.2. The molecule has 20 rings (SSSR count). The standard InChI is InChI=1S/C28H30BrN5O2.C25H24BrN5O3.C24H21BrFN5O2.C24H23N5O3/c1-28(2,3)20-11-8-16(9-12-20)22-13-10-19(14-31-22)21-15-32-34-25(30)23(29)24(33-26(21)34)17-4-6-18(7-5-17)27(35)36;1-34-18-4-2-3-16(11-18)20-10-9-17(12-28-20)19-13-29-31-23(27)21(26)22(30-24(19)31)14-5-7-15(8-6-14)25(32)33;25-20-21(14-1-3-15(4-2-14)24(32)33)30-23-18(12-29-31(23)22(20)27)16-7-10-19(28-11-16)13-5-8-17(26)9-6-13;1-13(30)20-21(14-6-8-15(9-7-14)24(31)32)28-23-18(12-27-29(23)22(20)25)17-10-16-4-2-3-5-19(16)26-11-17/h8-15,17-18H,4-7,30H2,1-3H3,(H,35,36);2-4,9-15H,5-8,27H2,1H3,(H,32,33);5-12,14-15H,1-4,27H2,(H,32,33);2-5,10-12,14-15H,6-9,25H2,1H3,(H,31,32). The first-order valence-corrected chi connectivity index (χ1v) is 47.2. The van der Waals surface area contributed by atoms with Crippen molar-refractivity contribution in [2.24, 2.45) is 23.7 Å². The molecule has 0 bridgehead atoms. The fraction of sp³-hybridized carbons (Fsp3) is 0.297. The lowest BCUT2D eigenvalue weighted by atomic mass is 9.79. The summed E-state index contributed by atoms with van der Waals surface area (Å²) in [6.45, 7) is 8.09. The van der Waals surface area contributed by atoms with Gasteiger partial charge in [-0.05, 0) is 235 Å². The predicted octanol–water partition coefficient (Wildman–Crippen LogP) is 21.0. The van der Waals surface area contributed by atoms with Gasteiger partial charge in [-0.25, -0.2) is 24.3 Å². The van der Waals surface area contributed by atoms with Crippen LogP contribution in [0, 0.1) is 29.5 Å². The number of aliphatic carboxylic acids is 4. The highest BCUT2D eigenvalue weighted by atomic mass is 79.9. The van der Waals surface area contributed by atoms with Gasteiger partial charge in [-0.2, -0.15) is 38.5 Å². The number of Topliss-reactive ketones (excluding diaryl/α,β-unsaturated/α-hetero) is 1. The Hall–Kier alpha value is -13.9. The number of aromatic nitrogens is 16. The van der Waals surface area contributed by atoms with Gasteiger partial charge in [-0.1, -0.05) is 93.6 Å². The molecule has 0 saturated heterocycles. The summed E-state index contributed by atoms with van der Waals surface area (Å²) >= 11 is 10.8. The number of nitrogen functional groups attached to an aromatic ring is 4. The molecular weight excluding hydrogens is 1910 g/mol. The second kappa shape index (κ2) is 39.4. The van der Waals surface area contributed by atoms with Crippen molar-refractivity contribution < 1.29 is 53.5 Å². The van der Waals surface area contributed by atoms with E-state index >= 15 is 0 Å². The van der Waals surface area contributed by atoms with Gasteiger partial charge in [0, 0.05) is 115 Å². The highest BCUT2D eigenvalue weighted by molar-refractivity contribution is 9.11. The van der Waals surface area contributed by atoms with Crippen molar-refractivity contribution in [3.63, 3.8) is 0 Å². The van der Waals surface area contributed by atoms with Crippen molar-refractivity contribution in [1.29, 1.82) is 0 Å². The summed E-state index contributed by atoms with van der Waals surface area (Å²) < 4.78 is 27.1. The summed E-state index contributed by atoms with van der Waals surface area (Å²) in [7, 11) is 1.64. The second-order valence-electron chi connectivity index (χ2n) is 35.9. The van der Waals surface area contributed by atoms with E-state index in [1.165, 1.54) is 29.1 Å². The van der Waals surface area contributed by atoms with Gasteiger partial charge in [0.2, 0.25) is 0 Å².